The predicted octanol–water partition coefficient (Wildman–Crippen LogP) is 8.63. The molecule has 2 atom stereocenters. The number of benzene rings is 3. The fourth-order valence-electron chi connectivity index (χ4n) is 6.76. The zero-order chi connectivity index (χ0) is 30.0. The predicted molar refractivity (Wildman–Crippen MR) is 182 cm³/mol. The molecule has 0 saturated carbocycles. The Balaban J connectivity index is 1.52. The average molecular weight is 599 g/mol. The third-order valence-electron chi connectivity index (χ3n) is 9.38. The summed E-state index contributed by atoms with van der Waals surface area (Å²) in [7, 11) is -4.22. The first-order valence-electron chi connectivity index (χ1n) is 16.0. The lowest BCUT2D eigenvalue weighted by Gasteiger charge is -2.47. The Morgan fingerprint density at radius 1 is 0.857 bits per heavy atom. The number of unbranched alkanes of at least 4 members (excludes halogenated alkanes) is 2. The summed E-state index contributed by atoms with van der Waals surface area (Å²) in [5, 5.41) is 2.65. The van der Waals surface area contributed by atoms with Crippen molar-refractivity contribution in [3.63, 3.8) is 0 Å². The molecule has 3 nitrogen and oxygen atoms in total. The first-order valence-corrected chi connectivity index (χ1v) is 21.8. The van der Waals surface area contributed by atoms with E-state index in [1.54, 1.807) is 0 Å². The molecule has 0 spiro atoms. The Hall–Kier alpha value is -2.61. The highest BCUT2D eigenvalue weighted by Crippen LogP contribution is 2.54. The fraction of sp³-hybridized carbons (Fsp3) is 0.459. The first-order chi connectivity index (χ1) is 20.0. The van der Waals surface area contributed by atoms with Crippen LogP contribution in [-0.4, -0.2) is 28.8 Å². The molecule has 0 N–H and O–H groups in total. The van der Waals surface area contributed by atoms with E-state index in [0.29, 0.717) is 12.5 Å². The van der Waals surface area contributed by atoms with E-state index >= 15 is 0 Å². The molecule has 0 fully saturated rings. The Kier molecular flexibility index (Phi) is 9.22. The largest absolute Gasteiger partial charge is 0.539 e. The lowest BCUT2D eigenvalue weighted by molar-refractivity contribution is 0.0104. The molecule has 0 saturated heterocycles. The second kappa shape index (κ2) is 12.6. The molecule has 2 aliphatic rings. The molecule has 0 bridgehead atoms. The molecule has 5 rings (SSSR count). The quantitative estimate of drug-likeness (QED) is 0.126. The minimum absolute atomic E-state index is 0.246. The Morgan fingerprint density at radius 3 is 2.14 bits per heavy atom. The minimum atomic E-state index is -2.22. The molecule has 3 aromatic carbocycles. The summed E-state index contributed by atoms with van der Waals surface area (Å²) in [4.78, 5) is 0. The van der Waals surface area contributed by atoms with Crippen LogP contribution in [0.15, 0.2) is 84.4 Å². The van der Waals surface area contributed by atoms with Crippen LogP contribution in [0.5, 0.6) is 11.5 Å². The highest BCUT2D eigenvalue weighted by molar-refractivity contribution is 6.85. The van der Waals surface area contributed by atoms with Gasteiger partial charge in [0.05, 0.1) is 6.61 Å². The van der Waals surface area contributed by atoms with Crippen molar-refractivity contribution in [2.24, 2.45) is 5.92 Å². The van der Waals surface area contributed by atoms with Crippen molar-refractivity contribution in [2.75, 3.05) is 6.61 Å². The zero-order valence-electron chi connectivity index (χ0n) is 26.8. The molecule has 0 aromatic heterocycles. The van der Waals surface area contributed by atoms with Crippen LogP contribution in [0.25, 0.3) is 0 Å². The lowest BCUT2D eigenvalue weighted by atomic mass is 9.68. The topological polar surface area (TPSA) is 27.7 Å². The van der Waals surface area contributed by atoms with Gasteiger partial charge in [-0.3, -0.25) is 0 Å². The van der Waals surface area contributed by atoms with Crippen LogP contribution in [0.3, 0.4) is 0 Å². The Labute approximate surface area is 256 Å². The summed E-state index contributed by atoms with van der Waals surface area (Å²) in [5.41, 5.74) is 3.73. The van der Waals surface area contributed by atoms with E-state index < -0.39 is 16.6 Å². The molecule has 5 heteroatoms. The summed E-state index contributed by atoms with van der Waals surface area (Å²) in [6.45, 7) is 16.8. The fourth-order valence-corrected chi connectivity index (χ4v) is 10.3. The van der Waals surface area contributed by atoms with Crippen molar-refractivity contribution in [1.29, 1.82) is 0 Å². The van der Waals surface area contributed by atoms with Gasteiger partial charge in [0, 0.05) is 17.4 Å². The highest BCUT2D eigenvalue weighted by atomic mass is 28.4. The normalized spacial score (nSPS) is 19.7. The monoisotopic (exact) mass is 598 g/mol. The zero-order valence-corrected chi connectivity index (χ0v) is 28.8. The number of fused-ring (bicyclic) bond motifs is 3. The number of hydrogen-bond acceptors (Lipinski definition) is 3. The van der Waals surface area contributed by atoms with Crippen LogP contribution in [0.2, 0.25) is 26.2 Å². The standard InChI is InChI=1S/C37H50O3Si2/c1-8-9-12-17-28-25-34-36(35(26-28)40-42(6,7)31-20-15-11-16-21-31)32-24-29(22-23-33(32)37(2,3)39-34)27-38-41(4,5)30-18-13-10-14-19-30/h10-11,13-16,18-21,24-26,32-33H,8-9,12,17,22-23,27H2,1-7H3/t32-,33-/m0/s1. The molecule has 0 unspecified atom stereocenters. The van der Waals surface area contributed by atoms with E-state index in [9.17, 15) is 0 Å². The molecular weight excluding hydrogens is 549 g/mol. The van der Waals surface area contributed by atoms with Gasteiger partial charge in [-0.25, -0.2) is 0 Å². The smallest absolute Gasteiger partial charge is 0.276 e. The van der Waals surface area contributed by atoms with Gasteiger partial charge in [-0.2, -0.15) is 0 Å². The Morgan fingerprint density at radius 2 is 1.50 bits per heavy atom. The third kappa shape index (κ3) is 6.79. The van der Waals surface area contributed by atoms with E-state index in [1.807, 2.05) is 0 Å². The summed E-state index contributed by atoms with van der Waals surface area (Å²) in [6, 6.07) is 26.2. The Bertz CT molecular complexity index is 1380. The second-order valence-corrected chi connectivity index (χ2v) is 21.5. The highest BCUT2D eigenvalue weighted by Gasteiger charge is 2.46. The summed E-state index contributed by atoms with van der Waals surface area (Å²) >= 11 is 0. The molecule has 3 aromatic rings. The van der Waals surface area contributed by atoms with Crippen LogP contribution >= 0.6 is 0 Å². The van der Waals surface area contributed by atoms with E-state index in [0.717, 1.165) is 30.8 Å². The molecule has 0 radical (unpaired) electrons. The molecule has 1 aliphatic carbocycles. The number of ether oxygens (including phenoxy) is 1. The van der Waals surface area contributed by atoms with Crippen molar-refractivity contribution in [1.82, 2.24) is 0 Å². The van der Waals surface area contributed by atoms with E-state index in [2.05, 4.69) is 126 Å². The molecule has 224 valence electrons. The molecule has 42 heavy (non-hydrogen) atoms. The summed E-state index contributed by atoms with van der Waals surface area (Å²) < 4.78 is 20.8. The number of aryl methyl sites for hydroxylation is 1. The maximum Gasteiger partial charge on any atom is 0.276 e. The van der Waals surface area contributed by atoms with Crippen molar-refractivity contribution >= 4 is 27.0 Å². The van der Waals surface area contributed by atoms with Crippen LogP contribution in [0.4, 0.5) is 0 Å². The number of hydrogen-bond donors (Lipinski definition) is 0. The molecule has 0 amide bonds. The van der Waals surface area contributed by atoms with Crippen molar-refractivity contribution in [2.45, 2.75) is 97.0 Å². The van der Waals surface area contributed by atoms with Gasteiger partial charge < -0.3 is 13.6 Å². The number of rotatable bonds is 11. The van der Waals surface area contributed by atoms with Gasteiger partial charge >= 0.3 is 0 Å². The van der Waals surface area contributed by atoms with Gasteiger partial charge in [0.15, 0.2) is 0 Å². The maximum absolute atomic E-state index is 7.16. The SMILES string of the molecule is CCCCCc1cc2c(c(O[Si](C)(C)c3ccccc3)c1)[C@H]1C=C(CO[Si](C)(C)c3ccccc3)CC[C@@H]1C(C)(C)O2. The van der Waals surface area contributed by atoms with E-state index in [-0.39, 0.29) is 11.5 Å². The molecule has 1 heterocycles. The summed E-state index contributed by atoms with van der Waals surface area (Å²) in [6.07, 6.45) is 9.36. The second-order valence-electron chi connectivity index (χ2n) is 13.8. The van der Waals surface area contributed by atoms with Crippen molar-refractivity contribution in [3.8, 4) is 11.5 Å². The molecular formula is C37H50O3Si2. The third-order valence-corrected chi connectivity index (χ3v) is 14.4. The first kappa shape index (κ1) is 30.8. The van der Waals surface area contributed by atoms with Gasteiger partial charge in [0.1, 0.15) is 17.1 Å². The lowest BCUT2D eigenvalue weighted by Crippen LogP contribution is -2.49. The average Bonchev–Trinajstić information content (AvgIpc) is 2.96. The van der Waals surface area contributed by atoms with Crippen LogP contribution < -0.4 is 19.5 Å². The van der Waals surface area contributed by atoms with Crippen molar-refractivity contribution in [3.05, 3.63) is 95.6 Å². The summed E-state index contributed by atoms with van der Waals surface area (Å²) in [5.74, 6) is 2.68. The number of allylic oxidation sites excluding steroid dienone is 1. The van der Waals surface area contributed by atoms with Crippen LogP contribution in [-0.2, 0) is 10.8 Å². The molecule has 1 aliphatic heterocycles. The van der Waals surface area contributed by atoms with Gasteiger partial charge in [-0.05, 0) is 99.4 Å². The van der Waals surface area contributed by atoms with Gasteiger partial charge in [-0.15, -0.1) is 0 Å². The van der Waals surface area contributed by atoms with Gasteiger partial charge in [-0.1, -0.05) is 86.5 Å². The van der Waals surface area contributed by atoms with Crippen molar-refractivity contribution < 1.29 is 13.6 Å². The van der Waals surface area contributed by atoms with E-state index in [4.69, 9.17) is 13.6 Å². The van der Waals surface area contributed by atoms with E-state index in [1.165, 1.54) is 46.3 Å². The minimum Gasteiger partial charge on any atom is -0.539 e. The van der Waals surface area contributed by atoms with Crippen LogP contribution in [0.1, 0.15) is 69.9 Å². The van der Waals surface area contributed by atoms with Gasteiger partial charge in [0.25, 0.3) is 8.32 Å². The van der Waals surface area contributed by atoms with Crippen LogP contribution in [0, 0.1) is 5.92 Å². The maximum atomic E-state index is 7.16. The van der Waals surface area contributed by atoms with Gasteiger partial charge in [0.2, 0.25) is 8.32 Å².